The molecule has 1 N–H and O–H groups in total. The molecule has 0 spiro atoms. The summed E-state index contributed by atoms with van der Waals surface area (Å²) in [5.74, 6) is -0.662. The fourth-order valence-electron chi connectivity index (χ4n) is 1.78. The van der Waals surface area contributed by atoms with E-state index in [1.165, 1.54) is 12.1 Å². The smallest absolute Gasteiger partial charge is 0.293 e. The zero-order valence-electron chi connectivity index (χ0n) is 11.7. The van der Waals surface area contributed by atoms with Crippen molar-refractivity contribution in [1.82, 2.24) is 9.78 Å². The number of hydrogen-bond donors (Lipinski definition) is 1. The molecule has 0 aliphatic heterocycles. The highest BCUT2D eigenvalue weighted by Crippen LogP contribution is 2.25. The van der Waals surface area contributed by atoms with Gasteiger partial charge in [0.05, 0.1) is 16.1 Å². The molecule has 0 unspecified atom stereocenters. The van der Waals surface area contributed by atoms with Crippen molar-refractivity contribution >= 4 is 40.5 Å². The predicted molar refractivity (Wildman–Crippen MR) is 85.0 cm³/mol. The van der Waals surface area contributed by atoms with Crippen LogP contribution in [-0.4, -0.2) is 20.6 Å². The Morgan fingerprint density at radius 3 is 2.78 bits per heavy atom. The minimum Gasteiger partial charge on any atom is -0.319 e. The van der Waals surface area contributed by atoms with Crippen LogP contribution in [0.15, 0.2) is 29.2 Å². The summed E-state index contributed by atoms with van der Waals surface area (Å²) in [6.45, 7) is 1.23. The molecule has 0 bridgehead atoms. The molecule has 1 aromatic heterocycles. The summed E-state index contributed by atoms with van der Waals surface area (Å²) in [5, 5.41) is 16.8. The van der Waals surface area contributed by atoms with Gasteiger partial charge >= 0.3 is 0 Å². The molecule has 0 aliphatic rings. The van der Waals surface area contributed by atoms with Crippen LogP contribution in [0.3, 0.4) is 0 Å². The van der Waals surface area contributed by atoms with Gasteiger partial charge in [0.15, 0.2) is 0 Å². The van der Waals surface area contributed by atoms with Crippen LogP contribution in [0.25, 0.3) is 0 Å². The number of nitro benzene ring substituents is 1. The van der Waals surface area contributed by atoms with Crippen LogP contribution >= 0.6 is 23.2 Å². The van der Waals surface area contributed by atoms with E-state index in [-0.39, 0.29) is 21.4 Å². The van der Waals surface area contributed by atoms with E-state index in [0.717, 1.165) is 10.9 Å². The number of amides is 1. The molecule has 23 heavy (non-hydrogen) atoms. The fraction of sp³-hybridized carbons (Fsp3) is 0.154. The monoisotopic (exact) mass is 356 g/mol. The van der Waals surface area contributed by atoms with Gasteiger partial charge < -0.3 is 5.32 Å². The molecule has 1 aromatic carbocycles. The van der Waals surface area contributed by atoms with Gasteiger partial charge in [-0.1, -0.05) is 29.3 Å². The van der Waals surface area contributed by atoms with Gasteiger partial charge in [-0.05, 0) is 18.6 Å². The average molecular weight is 357 g/mol. The number of rotatable bonds is 4. The van der Waals surface area contributed by atoms with E-state index in [0.29, 0.717) is 5.56 Å². The van der Waals surface area contributed by atoms with Crippen molar-refractivity contribution in [1.29, 1.82) is 0 Å². The third kappa shape index (κ3) is 3.85. The molecule has 0 radical (unpaired) electrons. The third-order valence-electron chi connectivity index (χ3n) is 2.86. The van der Waals surface area contributed by atoms with Gasteiger partial charge in [-0.2, -0.15) is 5.10 Å². The lowest BCUT2D eigenvalue weighted by atomic mass is 10.2. The number of carbonyl (C=O) groups excluding carboxylic acids is 1. The highest BCUT2D eigenvalue weighted by Gasteiger charge is 2.17. The van der Waals surface area contributed by atoms with Gasteiger partial charge in [0.2, 0.25) is 5.91 Å². The van der Waals surface area contributed by atoms with Crippen LogP contribution < -0.4 is 10.9 Å². The summed E-state index contributed by atoms with van der Waals surface area (Å²) in [7, 11) is 0. The maximum atomic E-state index is 12.0. The van der Waals surface area contributed by atoms with E-state index in [4.69, 9.17) is 23.2 Å². The molecular weight excluding hydrogens is 347 g/mol. The first-order chi connectivity index (χ1) is 10.8. The Morgan fingerprint density at radius 2 is 2.13 bits per heavy atom. The predicted octanol–water partition coefficient (Wildman–Crippen LogP) is 2.41. The Bertz CT molecular complexity index is 850. The molecule has 1 heterocycles. The second-order valence-electron chi connectivity index (χ2n) is 4.60. The SMILES string of the molecule is Cc1ccc(NC(=O)Cn2ncc(Cl)c(Cl)c2=O)c([N+](=O)[O-])c1. The largest absolute Gasteiger partial charge is 0.319 e. The van der Waals surface area contributed by atoms with Gasteiger partial charge in [0.25, 0.3) is 11.2 Å². The number of hydrogen-bond acceptors (Lipinski definition) is 5. The zero-order valence-corrected chi connectivity index (χ0v) is 13.3. The summed E-state index contributed by atoms with van der Waals surface area (Å²) in [6.07, 6.45) is 1.13. The number of nitrogens with one attached hydrogen (secondary N) is 1. The normalized spacial score (nSPS) is 10.4. The van der Waals surface area contributed by atoms with Crippen molar-refractivity contribution in [2.75, 3.05) is 5.32 Å². The number of nitro groups is 1. The molecule has 8 nitrogen and oxygen atoms in total. The van der Waals surface area contributed by atoms with E-state index < -0.39 is 22.9 Å². The molecule has 2 rings (SSSR count). The van der Waals surface area contributed by atoms with Crippen molar-refractivity contribution < 1.29 is 9.72 Å². The first-order valence-corrected chi connectivity index (χ1v) is 7.01. The molecule has 1 amide bonds. The molecule has 0 atom stereocenters. The molecule has 0 aliphatic carbocycles. The highest BCUT2D eigenvalue weighted by atomic mass is 35.5. The molecule has 0 fully saturated rings. The average Bonchev–Trinajstić information content (AvgIpc) is 2.49. The van der Waals surface area contributed by atoms with Gasteiger partial charge in [0.1, 0.15) is 17.3 Å². The van der Waals surface area contributed by atoms with Crippen molar-refractivity contribution in [3.05, 3.63) is 60.5 Å². The van der Waals surface area contributed by atoms with E-state index in [9.17, 15) is 19.7 Å². The maximum Gasteiger partial charge on any atom is 0.293 e. The maximum absolute atomic E-state index is 12.0. The second-order valence-corrected chi connectivity index (χ2v) is 5.38. The van der Waals surface area contributed by atoms with Crippen LogP contribution in [0.4, 0.5) is 11.4 Å². The van der Waals surface area contributed by atoms with E-state index in [1.807, 2.05) is 0 Å². The molecule has 2 aromatic rings. The lowest BCUT2D eigenvalue weighted by Crippen LogP contribution is -2.30. The Balaban J connectivity index is 2.23. The number of benzene rings is 1. The van der Waals surface area contributed by atoms with Crippen molar-refractivity contribution in [3.8, 4) is 0 Å². The van der Waals surface area contributed by atoms with Gasteiger partial charge in [-0.3, -0.25) is 19.7 Å². The Labute approximate surface area is 139 Å². The lowest BCUT2D eigenvalue weighted by Gasteiger charge is -2.08. The first-order valence-electron chi connectivity index (χ1n) is 6.25. The second kappa shape index (κ2) is 6.76. The Hall–Kier alpha value is -2.45. The van der Waals surface area contributed by atoms with Crippen molar-refractivity contribution in [3.63, 3.8) is 0 Å². The van der Waals surface area contributed by atoms with E-state index in [1.54, 1.807) is 13.0 Å². The summed E-state index contributed by atoms with van der Waals surface area (Å²) >= 11 is 11.3. The molecule has 0 saturated heterocycles. The standard InChI is InChI=1S/C13H10Cl2N4O4/c1-7-2-3-9(10(4-7)19(22)23)17-11(20)6-18-13(21)12(15)8(14)5-16-18/h2-5H,6H2,1H3,(H,17,20). The summed E-state index contributed by atoms with van der Waals surface area (Å²) < 4.78 is 0.809. The quantitative estimate of drug-likeness (QED) is 0.668. The fourth-order valence-corrected chi connectivity index (χ4v) is 2.05. The van der Waals surface area contributed by atoms with Gasteiger partial charge in [-0.25, -0.2) is 4.68 Å². The molecule has 0 saturated carbocycles. The minimum absolute atomic E-state index is 0.0255. The Morgan fingerprint density at radius 1 is 1.43 bits per heavy atom. The topological polar surface area (TPSA) is 107 Å². The number of carbonyl (C=O) groups is 1. The van der Waals surface area contributed by atoms with Crippen LogP contribution in [0.1, 0.15) is 5.56 Å². The summed E-state index contributed by atoms with van der Waals surface area (Å²) in [5.41, 5.74) is -0.267. The van der Waals surface area contributed by atoms with Gasteiger partial charge in [-0.15, -0.1) is 0 Å². The highest BCUT2D eigenvalue weighted by molar-refractivity contribution is 6.41. The van der Waals surface area contributed by atoms with Gasteiger partial charge in [0, 0.05) is 6.07 Å². The van der Waals surface area contributed by atoms with Crippen molar-refractivity contribution in [2.45, 2.75) is 13.5 Å². The van der Waals surface area contributed by atoms with Crippen LogP contribution in [-0.2, 0) is 11.3 Å². The number of nitrogens with zero attached hydrogens (tertiary/aromatic N) is 3. The number of aromatic nitrogens is 2. The van der Waals surface area contributed by atoms with Crippen LogP contribution in [0, 0.1) is 17.0 Å². The number of aryl methyl sites for hydroxylation is 1. The molecule has 10 heteroatoms. The molecular formula is C13H10Cl2N4O4. The Kier molecular flexibility index (Phi) is 4.97. The summed E-state index contributed by atoms with van der Waals surface area (Å²) in [4.78, 5) is 34.2. The molecule has 120 valence electrons. The zero-order chi connectivity index (χ0) is 17.1. The third-order valence-corrected chi connectivity index (χ3v) is 3.61. The van der Waals surface area contributed by atoms with E-state index in [2.05, 4.69) is 10.4 Å². The van der Waals surface area contributed by atoms with Crippen LogP contribution in [0.5, 0.6) is 0 Å². The number of halogens is 2. The number of anilines is 1. The lowest BCUT2D eigenvalue weighted by molar-refractivity contribution is -0.384. The van der Waals surface area contributed by atoms with E-state index >= 15 is 0 Å². The summed E-state index contributed by atoms with van der Waals surface area (Å²) in [6, 6.07) is 4.36. The van der Waals surface area contributed by atoms with Crippen molar-refractivity contribution in [2.24, 2.45) is 0 Å². The van der Waals surface area contributed by atoms with Crippen LogP contribution in [0.2, 0.25) is 10.0 Å². The minimum atomic E-state index is -0.729. The first kappa shape index (κ1) is 16.9.